The molecule has 4 rings (SSSR count). The highest BCUT2D eigenvalue weighted by molar-refractivity contribution is 5.82. The van der Waals surface area contributed by atoms with Crippen LogP contribution in [0.4, 0.5) is 4.79 Å². The van der Waals surface area contributed by atoms with Crippen LogP contribution >= 0.6 is 0 Å². The van der Waals surface area contributed by atoms with E-state index in [1.807, 2.05) is 60.7 Å². The smallest absolute Gasteiger partial charge is 0.411 e. The predicted octanol–water partition coefficient (Wildman–Crippen LogP) is 4.31. The molecule has 2 aromatic carbocycles. The molecule has 5 nitrogen and oxygen atoms in total. The molecule has 146 valence electrons. The van der Waals surface area contributed by atoms with Crippen molar-refractivity contribution in [2.45, 2.75) is 51.0 Å². The summed E-state index contributed by atoms with van der Waals surface area (Å²) in [4.78, 5) is 27.3. The molecule has 0 bridgehead atoms. The molecule has 1 heterocycles. The van der Waals surface area contributed by atoms with Crippen molar-refractivity contribution in [3.63, 3.8) is 0 Å². The maximum Gasteiger partial charge on any atom is 0.411 e. The van der Waals surface area contributed by atoms with E-state index < -0.39 is 12.1 Å². The van der Waals surface area contributed by atoms with Crippen LogP contribution in [0.1, 0.15) is 36.8 Å². The molecule has 1 saturated carbocycles. The molecule has 2 aliphatic rings. The number of amides is 1. The van der Waals surface area contributed by atoms with Gasteiger partial charge < -0.3 is 9.47 Å². The van der Waals surface area contributed by atoms with Crippen molar-refractivity contribution in [3.8, 4) is 0 Å². The molecule has 0 N–H and O–H groups in total. The Labute approximate surface area is 165 Å². The Kier molecular flexibility index (Phi) is 5.60. The van der Waals surface area contributed by atoms with E-state index in [2.05, 4.69) is 0 Å². The van der Waals surface area contributed by atoms with Crippen LogP contribution in [0, 0.1) is 5.92 Å². The van der Waals surface area contributed by atoms with Crippen LogP contribution in [0.2, 0.25) is 0 Å². The topological polar surface area (TPSA) is 55.8 Å². The van der Waals surface area contributed by atoms with Gasteiger partial charge in [-0.15, -0.1) is 0 Å². The number of hydrogen-bond acceptors (Lipinski definition) is 4. The minimum absolute atomic E-state index is 0.0811. The zero-order valence-corrected chi connectivity index (χ0v) is 15.8. The molecule has 1 saturated heterocycles. The zero-order valence-electron chi connectivity index (χ0n) is 15.8. The normalized spacial score (nSPS) is 23.3. The number of carbonyl (C=O) groups is 2. The van der Waals surface area contributed by atoms with Gasteiger partial charge in [0.2, 0.25) is 0 Å². The van der Waals surface area contributed by atoms with Crippen LogP contribution in [0.5, 0.6) is 0 Å². The van der Waals surface area contributed by atoms with E-state index in [1.54, 1.807) is 4.90 Å². The quantitative estimate of drug-likeness (QED) is 0.727. The Hall–Kier alpha value is -2.82. The Bertz CT molecular complexity index is 808. The second-order valence-corrected chi connectivity index (χ2v) is 7.55. The zero-order chi connectivity index (χ0) is 19.3. The summed E-state index contributed by atoms with van der Waals surface area (Å²) in [6.07, 6.45) is 3.31. The van der Waals surface area contributed by atoms with Crippen molar-refractivity contribution >= 4 is 12.1 Å². The van der Waals surface area contributed by atoms with Crippen molar-refractivity contribution in [2.75, 3.05) is 0 Å². The maximum absolute atomic E-state index is 12.8. The lowest BCUT2D eigenvalue weighted by Crippen LogP contribution is -2.45. The fraction of sp³-hybridized carbons (Fsp3) is 0.391. The van der Waals surface area contributed by atoms with Gasteiger partial charge in [-0.3, -0.25) is 4.90 Å². The minimum Gasteiger partial charge on any atom is -0.459 e. The number of carbonyl (C=O) groups excluding carboxylic acids is 2. The van der Waals surface area contributed by atoms with E-state index in [1.165, 1.54) is 0 Å². The molecule has 28 heavy (non-hydrogen) atoms. The predicted molar refractivity (Wildman–Crippen MR) is 104 cm³/mol. The minimum atomic E-state index is -0.553. The van der Waals surface area contributed by atoms with Gasteiger partial charge in [0.25, 0.3) is 0 Å². The highest BCUT2D eigenvalue weighted by Crippen LogP contribution is 2.42. The summed E-state index contributed by atoms with van der Waals surface area (Å²) in [5.74, 6) is 0.0217. The summed E-state index contributed by atoms with van der Waals surface area (Å²) >= 11 is 0. The Morgan fingerprint density at radius 2 is 1.46 bits per heavy atom. The number of hydrogen-bond donors (Lipinski definition) is 0. The molecule has 0 aromatic heterocycles. The second-order valence-electron chi connectivity index (χ2n) is 7.55. The van der Waals surface area contributed by atoms with Crippen LogP contribution in [0.15, 0.2) is 60.7 Å². The molecular weight excluding hydrogens is 354 g/mol. The number of benzene rings is 2. The van der Waals surface area contributed by atoms with Crippen molar-refractivity contribution in [2.24, 2.45) is 5.92 Å². The third-order valence-corrected chi connectivity index (χ3v) is 5.75. The summed E-state index contributed by atoms with van der Waals surface area (Å²) in [7, 11) is 0. The first-order chi connectivity index (χ1) is 13.7. The molecule has 0 unspecified atom stereocenters. The highest BCUT2D eigenvalue weighted by Gasteiger charge is 2.50. The molecule has 2 aromatic rings. The second kappa shape index (κ2) is 8.46. The Morgan fingerprint density at radius 3 is 2.11 bits per heavy atom. The molecule has 1 aliphatic heterocycles. The van der Waals surface area contributed by atoms with Crippen LogP contribution in [0.3, 0.4) is 0 Å². The number of rotatable bonds is 5. The van der Waals surface area contributed by atoms with Gasteiger partial charge in [0.05, 0.1) is 0 Å². The van der Waals surface area contributed by atoms with Crippen LogP contribution < -0.4 is 0 Å². The first-order valence-corrected chi connectivity index (χ1v) is 9.92. The third kappa shape index (κ3) is 4.03. The number of esters is 1. The first kappa shape index (κ1) is 18.5. The van der Waals surface area contributed by atoms with E-state index >= 15 is 0 Å². The standard InChI is InChI=1S/C23H25NO4/c25-22(27-15-17-8-3-1-4-9-17)21-14-19-12-7-13-20(19)24(21)23(26)28-16-18-10-5-2-6-11-18/h1-6,8-11,19-21H,7,12-16H2/t19-,20-,21-/m0/s1. The molecule has 0 radical (unpaired) electrons. The Balaban J connectivity index is 1.41. The van der Waals surface area contributed by atoms with E-state index in [4.69, 9.17) is 9.47 Å². The maximum atomic E-state index is 12.8. The summed E-state index contributed by atoms with van der Waals surface area (Å²) in [6.45, 7) is 0.428. The first-order valence-electron chi connectivity index (χ1n) is 9.92. The summed E-state index contributed by atoms with van der Waals surface area (Å²) in [5, 5.41) is 0. The summed E-state index contributed by atoms with van der Waals surface area (Å²) < 4.78 is 11.1. The lowest BCUT2D eigenvalue weighted by Gasteiger charge is -2.27. The number of likely N-dealkylation sites (tertiary alicyclic amines) is 1. The van der Waals surface area contributed by atoms with Gasteiger partial charge in [-0.25, -0.2) is 9.59 Å². The molecule has 2 fully saturated rings. The van der Waals surface area contributed by atoms with Crippen molar-refractivity contribution in [3.05, 3.63) is 71.8 Å². The van der Waals surface area contributed by atoms with Gasteiger partial charge in [0.1, 0.15) is 19.3 Å². The van der Waals surface area contributed by atoms with Crippen LogP contribution in [0.25, 0.3) is 0 Å². The van der Waals surface area contributed by atoms with Crippen LogP contribution in [-0.2, 0) is 27.5 Å². The van der Waals surface area contributed by atoms with Gasteiger partial charge in [-0.1, -0.05) is 67.1 Å². The van der Waals surface area contributed by atoms with E-state index in [-0.39, 0.29) is 25.2 Å². The van der Waals surface area contributed by atoms with E-state index in [9.17, 15) is 9.59 Å². The SMILES string of the molecule is O=C(OCc1ccccc1)[C@@H]1C[C@@H]2CCC[C@@H]2N1C(=O)OCc1ccccc1. The monoisotopic (exact) mass is 379 g/mol. The molecular formula is C23H25NO4. The summed E-state index contributed by atoms with van der Waals surface area (Å²) in [5.41, 5.74) is 1.87. The molecule has 1 aliphatic carbocycles. The van der Waals surface area contributed by atoms with Crippen molar-refractivity contribution in [1.82, 2.24) is 4.90 Å². The fourth-order valence-corrected chi connectivity index (χ4v) is 4.38. The van der Waals surface area contributed by atoms with Crippen molar-refractivity contribution in [1.29, 1.82) is 0 Å². The number of fused-ring (bicyclic) bond motifs is 1. The van der Waals surface area contributed by atoms with Gasteiger partial charge in [0, 0.05) is 6.04 Å². The Morgan fingerprint density at radius 1 is 0.857 bits per heavy atom. The van der Waals surface area contributed by atoms with Gasteiger partial charge in [-0.05, 0) is 36.3 Å². The molecule has 1 amide bonds. The largest absolute Gasteiger partial charge is 0.459 e. The number of nitrogens with zero attached hydrogens (tertiary/aromatic N) is 1. The lowest BCUT2D eigenvalue weighted by molar-refractivity contribution is -0.150. The lowest BCUT2D eigenvalue weighted by atomic mass is 10.0. The highest BCUT2D eigenvalue weighted by atomic mass is 16.6. The average Bonchev–Trinajstić information content (AvgIpc) is 3.33. The van der Waals surface area contributed by atoms with Crippen LogP contribution in [-0.4, -0.2) is 29.0 Å². The molecule has 5 heteroatoms. The molecule has 3 atom stereocenters. The fourth-order valence-electron chi connectivity index (χ4n) is 4.38. The average molecular weight is 379 g/mol. The third-order valence-electron chi connectivity index (χ3n) is 5.75. The molecule has 0 spiro atoms. The summed E-state index contributed by atoms with van der Waals surface area (Å²) in [6, 6.07) is 18.7. The van der Waals surface area contributed by atoms with Gasteiger partial charge in [-0.2, -0.15) is 0 Å². The van der Waals surface area contributed by atoms with E-state index in [0.29, 0.717) is 12.3 Å². The van der Waals surface area contributed by atoms with Crippen molar-refractivity contribution < 1.29 is 19.1 Å². The number of ether oxygens (including phenoxy) is 2. The van der Waals surface area contributed by atoms with E-state index in [0.717, 1.165) is 30.4 Å². The van der Waals surface area contributed by atoms with Gasteiger partial charge in [0.15, 0.2) is 0 Å². The van der Waals surface area contributed by atoms with Gasteiger partial charge >= 0.3 is 12.1 Å².